The number of imidazole rings is 1. The molecule has 8 nitrogen and oxygen atoms in total. The number of aryl methyl sites for hydroxylation is 1. The van der Waals surface area contributed by atoms with Crippen molar-refractivity contribution in [2.75, 3.05) is 30.5 Å². The van der Waals surface area contributed by atoms with Crippen molar-refractivity contribution < 1.29 is 19.1 Å². The smallest absolute Gasteiger partial charge is 0.275 e. The fourth-order valence-electron chi connectivity index (χ4n) is 4.54. The lowest BCUT2D eigenvalue weighted by molar-refractivity contribution is -0.123. The molecule has 1 aliphatic rings. The summed E-state index contributed by atoms with van der Waals surface area (Å²) in [6.07, 6.45) is 7.90. The van der Waals surface area contributed by atoms with E-state index in [2.05, 4.69) is 17.2 Å². The van der Waals surface area contributed by atoms with Gasteiger partial charge in [0, 0.05) is 43.4 Å². The maximum Gasteiger partial charge on any atom is 0.275 e. The van der Waals surface area contributed by atoms with Crippen LogP contribution < -0.4 is 10.2 Å². The number of carbonyl (C=O) groups is 3. The maximum absolute atomic E-state index is 13.5. The molecule has 1 N–H and O–H groups in total. The Hall–Kier alpha value is -3.30. The van der Waals surface area contributed by atoms with Gasteiger partial charge in [-0.05, 0) is 55.4 Å². The van der Waals surface area contributed by atoms with Crippen LogP contribution in [0.5, 0.6) is 0 Å². The zero-order chi connectivity index (χ0) is 25.7. The van der Waals surface area contributed by atoms with E-state index in [4.69, 9.17) is 4.74 Å². The minimum Gasteiger partial charge on any atom is -0.383 e. The number of nitrogens with one attached hydrogen (secondary N) is 1. The number of carbonyl (C=O) groups excluding carboxylic acids is 3. The molecule has 190 valence electrons. The van der Waals surface area contributed by atoms with Gasteiger partial charge >= 0.3 is 0 Å². The first-order valence-corrected chi connectivity index (χ1v) is 13.0. The Morgan fingerprint density at radius 2 is 1.94 bits per heavy atom. The molecule has 0 atom stereocenters. The molecule has 2 amide bonds. The van der Waals surface area contributed by atoms with Crippen LogP contribution in [0.1, 0.15) is 52.8 Å². The molecule has 0 radical (unpaired) electrons. The van der Waals surface area contributed by atoms with Crippen LogP contribution in [0.15, 0.2) is 42.9 Å². The van der Waals surface area contributed by atoms with Crippen LogP contribution in [0.25, 0.3) is 10.4 Å². The van der Waals surface area contributed by atoms with Crippen LogP contribution in [-0.2, 0) is 16.6 Å². The third-order valence-corrected chi connectivity index (χ3v) is 7.75. The number of hydrogen-bond acceptors (Lipinski definition) is 6. The molecule has 1 saturated carbocycles. The summed E-state index contributed by atoms with van der Waals surface area (Å²) in [7, 11) is 3.42. The summed E-state index contributed by atoms with van der Waals surface area (Å²) in [6.45, 7) is 3.02. The third kappa shape index (κ3) is 5.91. The average molecular weight is 509 g/mol. The van der Waals surface area contributed by atoms with Crippen molar-refractivity contribution in [1.29, 1.82) is 0 Å². The number of thiophene rings is 1. The number of aromatic nitrogens is 2. The standard InChI is InChI=1S/C27H32N4O4S/c1-18-4-6-20(7-5-18)27(34)31(12-13-35-3)23-14-24(36-25(23)16-32)19-8-10-21(11-9-19)29-26(33)22-15-30(2)17-28-22/h8-11,14-18,20H,4-7,12-13H2,1-3H3,(H,29,33)/t18-,20-. The number of aldehydes is 1. The number of nitrogens with zero attached hydrogens (tertiary/aromatic N) is 3. The summed E-state index contributed by atoms with van der Waals surface area (Å²) in [5.74, 6) is 0.410. The Balaban J connectivity index is 1.54. The highest BCUT2D eigenvalue weighted by Gasteiger charge is 2.30. The monoisotopic (exact) mass is 508 g/mol. The van der Waals surface area contributed by atoms with Gasteiger partial charge in [0.2, 0.25) is 5.91 Å². The quantitative estimate of drug-likeness (QED) is 0.410. The van der Waals surface area contributed by atoms with E-state index in [1.807, 2.05) is 30.3 Å². The first-order chi connectivity index (χ1) is 17.4. The highest BCUT2D eigenvalue weighted by Crippen LogP contribution is 2.38. The minimum atomic E-state index is -0.283. The molecule has 0 aliphatic heterocycles. The number of methoxy groups -OCH3 is 1. The number of benzene rings is 1. The van der Waals surface area contributed by atoms with Gasteiger partial charge in [-0.1, -0.05) is 19.1 Å². The van der Waals surface area contributed by atoms with Crippen LogP contribution in [0.3, 0.4) is 0 Å². The third-order valence-electron chi connectivity index (χ3n) is 6.65. The van der Waals surface area contributed by atoms with E-state index >= 15 is 0 Å². The number of hydrogen-bond donors (Lipinski definition) is 1. The highest BCUT2D eigenvalue weighted by atomic mass is 32.1. The molecule has 2 heterocycles. The molecule has 1 aliphatic carbocycles. The molecule has 4 rings (SSSR count). The van der Waals surface area contributed by atoms with Crippen molar-refractivity contribution in [3.8, 4) is 10.4 Å². The predicted molar refractivity (Wildman–Crippen MR) is 142 cm³/mol. The van der Waals surface area contributed by atoms with E-state index < -0.39 is 0 Å². The van der Waals surface area contributed by atoms with Crippen molar-refractivity contribution >= 4 is 40.8 Å². The minimum absolute atomic E-state index is 0.0251. The second-order valence-corrected chi connectivity index (χ2v) is 10.5. The van der Waals surface area contributed by atoms with Gasteiger partial charge < -0.3 is 19.5 Å². The molecule has 0 spiro atoms. The maximum atomic E-state index is 13.5. The van der Waals surface area contributed by atoms with E-state index in [-0.39, 0.29) is 17.7 Å². The van der Waals surface area contributed by atoms with E-state index in [9.17, 15) is 14.4 Å². The first kappa shape index (κ1) is 25.8. The second-order valence-electron chi connectivity index (χ2n) is 9.37. The van der Waals surface area contributed by atoms with Crippen LogP contribution in [0.2, 0.25) is 0 Å². The van der Waals surface area contributed by atoms with Crippen molar-refractivity contribution in [2.24, 2.45) is 18.9 Å². The SMILES string of the molecule is COCCN(c1cc(-c2ccc(NC(=O)c3cn(C)cn3)cc2)sc1C=O)C(=O)[C@H]1CC[C@H](C)CC1. The molecular weight excluding hydrogens is 476 g/mol. The van der Waals surface area contributed by atoms with Gasteiger partial charge in [0.1, 0.15) is 5.69 Å². The van der Waals surface area contributed by atoms with Gasteiger partial charge in [0.15, 0.2) is 6.29 Å². The zero-order valence-corrected chi connectivity index (χ0v) is 21.7. The van der Waals surface area contributed by atoms with Crippen LogP contribution >= 0.6 is 11.3 Å². The zero-order valence-electron chi connectivity index (χ0n) is 20.9. The summed E-state index contributed by atoms with van der Waals surface area (Å²) in [6, 6.07) is 9.32. The van der Waals surface area contributed by atoms with Gasteiger partial charge in [-0.3, -0.25) is 14.4 Å². The molecule has 1 fully saturated rings. The lowest BCUT2D eigenvalue weighted by Crippen LogP contribution is -2.40. The van der Waals surface area contributed by atoms with Crippen molar-refractivity contribution in [3.05, 3.63) is 53.4 Å². The molecule has 0 saturated heterocycles. The molecular formula is C27H32N4O4S. The summed E-state index contributed by atoms with van der Waals surface area (Å²) >= 11 is 1.36. The lowest BCUT2D eigenvalue weighted by Gasteiger charge is -2.31. The van der Waals surface area contributed by atoms with Crippen LogP contribution in [-0.4, -0.2) is 47.9 Å². The van der Waals surface area contributed by atoms with Gasteiger partial charge in [0.25, 0.3) is 5.91 Å². The van der Waals surface area contributed by atoms with Gasteiger partial charge in [-0.25, -0.2) is 4.98 Å². The van der Waals surface area contributed by atoms with Gasteiger partial charge in [-0.15, -0.1) is 11.3 Å². The normalized spacial score (nSPS) is 17.5. The predicted octanol–water partition coefficient (Wildman–Crippen LogP) is 5.02. The molecule has 2 aromatic heterocycles. The van der Waals surface area contributed by atoms with Crippen molar-refractivity contribution in [3.63, 3.8) is 0 Å². The number of anilines is 2. The molecule has 9 heteroatoms. The number of amides is 2. The molecule has 3 aromatic rings. The fraction of sp³-hybridized carbons (Fsp3) is 0.407. The summed E-state index contributed by atoms with van der Waals surface area (Å²) in [5.41, 5.74) is 2.52. The summed E-state index contributed by atoms with van der Waals surface area (Å²) in [4.78, 5) is 45.1. The lowest BCUT2D eigenvalue weighted by atomic mass is 9.82. The fourth-order valence-corrected chi connectivity index (χ4v) is 5.52. The van der Waals surface area contributed by atoms with Gasteiger partial charge in [-0.2, -0.15) is 0 Å². The molecule has 36 heavy (non-hydrogen) atoms. The van der Waals surface area contributed by atoms with E-state index in [0.29, 0.717) is 41.0 Å². The van der Waals surface area contributed by atoms with Crippen molar-refractivity contribution in [1.82, 2.24) is 9.55 Å². The van der Waals surface area contributed by atoms with E-state index in [0.717, 1.165) is 42.4 Å². The number of ether oxygens (including phenoxy) is 1. The second kappa shape index (κ2) is 11.6. The number of rotatable bonds is 9. The van der Waals surface area contributed by atoms with Crippen LogP contribution in [0, 0.1) is 11.8 Å². The Labute approximate surface area is 215 Å². The molecule has 0 bridgehead atoms. The Morgan fingerprint density at radius 3 is 2.56 bits per heavy atom. The molecule has 0 unspecified atom stereocenters. The first-order valence-electron chi connectivity index (χ1n) is 12.2. The van der Waals surface area contributed by atoms with Crippen molar-refractivity contribution in [2.45, 2.75) is 32.6 Å². The largest absolute Gasteiger partial charge is 0.383 e. The summed E-state index contributed by atoms with van der Waals surface area (Å²) in [5, 5.41) is 2.84. The Bertz CT molecular complexity index is 1210. The molecule has 1 aromatic carbocycles. The van der Waals surface area contributed by atoms with Crippen LogP contribution in [0.4, 0.5) is 11.4 Å². The Kier molecular flexibility index (Phi) is 8.32. The van der Waals surface area contributed by atoms with E-state index in [1.54, 1.807) is 36.1 Å². The Morgan fingerprint density at radius 1 is 1.22 bits per heavy atom. The van der Waals surface area contributed by atoms with E-state index in [1.165, 1.54) is 11.3 Å². The summed E-state index contributed by atoms with van der Waals surface area (Å²) < 4.78 is 6.99. The highest BCUT2D eigenvalue weighted by molar-refractivity contribution is 7.17. The van der Waals surface area contributed by atoms with Gasteiger partial charge in [0.05, 0.1) is 23.5 Å². The topological polar surface area (TPSA) is 93.5 Å². The average Bonchev–Trinajstić information content (AvgIpc) is 3.51.